The predicted octanol–water partition coefficient (Wildman–Crippen LogP) is 2.73. The van der Waals surface area contributed by atoms with Gasteiger partial charge in [0.15, 0.2) is 6.61 Å². The van der Waals surface area contributed by atoms with E-state index in [1.807, 2.05) is 25.1 Å². The van der Waals surface area contributed by atoms with E-state index in [0.29, 0.717) is 11.4 Å². The molecule has 3 N–H and O–H groups in total. The van der Waals surface area contributed by atoms with Gasteiger partial charge in [-0.1, -0.05) is 12.1 Å². The van der Waals surface area contributed by atoms with Crippen molar-refractivity contribution in [3.63, 3.8) is 0 Å². The summed E-state index contributed by atoms with van der Waals surface area (Å²) >= 11 is 0. The van der Waals surface area contributed by atoms with Crippen LogP contribution in [0, 0.1) is 0 Å². The van der Waals surface area contributed by atoms with Gasteiger partial charge in [0.25, 0.3) is 5.91 Å². The Labute approximate surface area is 130 Å². The van der Waals surface area contributed by atoms with Gasteiger partial charge in [-0.15, -0.1) is 0 Å². The molecule has 0 aliphatic carbocycles. The van der Waals surface area contributed by atoms with Crippen molar-refractivity contribution in [2.45, 2.75) is 13.0 Å². The van der Waals surface area contributed by atoms with Gasteiger partial charge in [0.1, 0.15) is 11.5 Å². The average Bonchev–Trinajstić information content (AvgIpc) is 2.54. The molecule has 1 unspecified atom stereocenters. The molecule has 1 atom stereocenters. The van der Waals surface area contributed by atoms with Crippen LogP contribution in [0.2, 0.25) is 0 Å². The fourth-order valence-electron chi connectivity index (χ4n) is 1.91. The molecule has 2 aromatic rings. The molecule has 2 aromatic carbocycles. The summed E-state index contributed by atoms with van der Waals surface area (Å²) in [6.07, 6.45) is 0. The number of amides is 1. The summed E-state index contributed by atoms with van der Waals surface area (Å²) in [4.78, 5) is 11.9. The molecule has 0 fully saturated rings. The largest absolute Gasteiger partial charge is 0.497 e. The lowest BCUT2D eigenvalue weighted by molar-refractivity contribution is -0.118. The summed E-state index contributed by atoms with van der Waals surface area (Å²) in [5.74, 6) is 1.14. The number of carbonyl (C=O) groups excluding carboxylic acids is 1. The van der Waals surface area contributed by atoms with Crippen molar-refractivity contribution < 1.29 is 14.3 Å². The third-order valence-electron chi connectivity index (χ3n) is 3.13. The van der Waals surface area contributed by atoms with Crippen molar-refractivity contribution >= 4 is 11.6 Å². The zero-order chi connectivity index (χ0) is 15.9. The maximum absolute atomic E-state index is 11.9. The van der Waals surface area contributed by atoms with Crippen molar-refractivity contribution in [2.24, 2.45) is 5.73 Å². The molecular formula is C17H20N2O3. The van der Waals surface area contributed by atoms with E-state index < -0.39 is 0 Å². The van der Waals surface area contributed by atoms with Gasteiger partial charge >= 0.3 is 0 Å². The van der Waals surface area contributed by atoms with Crippen LogP contribution >= 0.6 is 0 Å². The highest BCUT2D eigenvalue weighted by Gasteiger charge is 2.06. The van der Waals surface area contributed by atoms with Gasteiger partial charge in [-0.2, -0.15) is 0 Å². The first-order chi connectivity index (χ1) is 10.6. The SMILES string of the molecule is COc1ccc(NC(=O)COc2cccc(C(C)N)c2)cc1. The van der Waals surface area contributed by atoms with E-state index in [9.17, 15) is 4.79 Å². The molecule has 1 amide bonds. The third kappa shape index (κ3) is 4.49. The Morgan fingerprint density at radius 1 is 1.18 bits per heavy atom. The summed E-state index contributed by atoms with van der Waals surface area (Å²) in [6.45, 7) is 1.84. The molecule has 0 aromatic heterocycles. The van der Waals surface area contributed by atoms with Gasteiger partial charge < -0.3 is 20.5 Å². The van der Waals surface area contributed by atoms with Gasteiger partial charge in [0.2, 0.25) is 0 Å². The van der Waals surface area contributed by atoms with Crippen LogP contribution in [-0.4, -0.2) is 19.6 Å². The number of ether oxygens (including phenoxy) is 2. The third-order valence-corrected chi connectivity index (χ3v) is 3.13. The lowest BCUT2D eigenvalue weighted by Gasteiger charge is -2.10. The van der Waals surface area contributed by atoms with E-state index in [0.717, 1.165) is 11.3 Å². The molecule has 0 saturated carbocycles. The first-order valence-electron chi connectivity index (χ1n) is 7.00. The van der Waals surface area contributed by atoms with Gasteiger partial charge in [-0.3, -0.25) is 4.79 Å². The Balaban J connectivity index is 1.88. The number of benzene rings is 2. The number of anilines is 1. The van der Waals surface area contributed by atoms with Crippen LogP contribution in [0.5, 0.6) is 11.5 Å². The van der Waals surface area contributed by atoms with E-state index >= 15 is 0 Å². The summed E-state index contributed by atoms with van der Waals surface area (Å²) < 4.78 is 10.5. The second-order valence-corrected chi connectivity index (χ2v) is 4.93. The number of rotatable bonds is 6. The topological polar surface area (TPSA) is 73.6 Å². The van der Waals surface area contributed by atoms with E-state index in [1.54, 1.807) is 37.4 Å². The minimum absolute atomic E-state index is 0.0611. The first kappa shape index (κ1) is 15.9. The number of nitrogens with one attached hydrogen (secondary N) is 1. The minimum atomic E-state index is -0.226. The Morgan fingerprint density at radius 2 is 1.91 bits per heavy atom. The van der Waals surface area contributed by atoms with Crippen LogP contribution < -0.4 is 20.5 Å². The van der Waals surface area contributed by atoms with Gasteiger partial charge in [-0.25, -0.2) is 0 Å². The molecule has 0 bridgehead atoms. The number of carbonyl (C=O) groups is 1. The molecule has 0 aliphatic rings. The van der Waals surface area contributed by atoms with Crippen molar-refractivity contribution in [3.8, 4) is 11.5 Å². The van der Waals surface area contributed by atoms with Crippen LogP contribution in [0.3, 0.4) is 0 Å². The zero-order valence-corrected chi connectivity index (χ0v) is 12.7. The van der Waals surface area contributed by atoms with Crippen LogP contribution in [0.1, 0.15) is 18.5 Å². The smallest absolute Gasteiger partial charge is 0.262 e. The molecule has 0 saturated heterocycles. The molecule has 0 spiro atoms. The lowest BCUT2D eigenvalue weighted by Crippen LogP contribution is -2.20. The van der Waals surface area contributed by atoms with E-state index in [-0.39, 0.29) is 18.6 Å². The normalized spacial score (nSPS) is 11.6. The summed E-state index contributed by atoms with van der Waals surface area (Å²) in [5, 5.41) is 2.76. The highest BCUT2D eigenvalue weighted by molar-refractivity contribution is 5.91. The average molecular weight is 300 g/mol. The molecule has 0 heterocycles. The van der Waals surface area contributed by atoms with E-state index in [4.69, 9.17) is 15.2 Å². The molecule has 2 rings (SSSR count). The maximum atomic E-state index is 11.9. The fraction of sp³-hybridized carbons (Fsp3) is 0.235. The number of hydrogen-bond acceptors (Lipinski definition) is 4. The first-order valence-corrected chi connectivity index (χ1v) is 7.00. The highest BCUT2D eigenvalue weighted by Crippen LogP contribution is 2.18. The summed E-state index contributed by atoms with van der Waals surface area (Å²) in [7, 11) is 1.59. The van der Waals surface area contributed by atoms with Crippen LogP contribution in [0.4, 0.5) is 5.69 Å². The van der Waals surface area contributed by atoms with Crippen molar-refractivity contribution in [3.05, 3.63) is 54.1 Å². The van der Waals surface area contributed by atoms with Crippen molar-refractivity contribution in [2.75, 3.05) is 19.0 Å². The standard InChI is InChI=1S/C17H20N2O3/c1-12(18)13-4-3-5-16(10-13)22-11-17(20)19-14-6-8-15(21-2)9-7-14/h3-10,12H,11,18H2,1-2H3,(H,19,20). The number of methoxy groups -OCH3 is 1. The van der Waals surface area contributed by atoms with Crippen LogP contribution in [0.15, 0.2) is 48.5 Å². The summed E-state index contributed by atoms with van der Waals surface area (Å²) in [6, 6.07) is 14.4. The van der Waals surface area contributed by atoms with Crippen LogP contribution in [-0.2, 0) is 4.79 Å². The molecule has 0 radical (unpaired) electrons. The predicted molar refractivity (Wildman–Crippen MR) is 86.2 cm³/mol. The van der Waals surface area contributed by atoms with Gasteiger partial charge in [0, 0.05) is 11.7 Å². The number of nitrogens with two attached hydrogens (primary N) is 1. The molecule has 22 heavy (non-hydrogen) atoms. The molecule has 116 valence electrons. The maximum Gasteiger partial charge on any atom is 0.262 e. The number of hydrogen-bond donors (Lipinski definition) is 2. The summed E-state index contributed by atoms with van der Waals surface area (Å²) in [5.41, 5.74) is 7.48. The van der Waals surface area contributed by atoms with E-state index in [1.165, 1.54) is 0 Å². The van der Waals surface area contributed by atoms with E-state index in [2.05, 4.69) is 5.32 Å². The van der Waals surface area contributed by atoms with Gasteiger partial charge in [-0.05, 0) is 48.9 Å². The molecule has 5 nitrogen and oxygen atoms in total. The second kappa shape index (κ2) is 7.47. The van der Waals surface area contributed by atoms with Crippen LogP contribution in [0.25, 0.3) is 0 Å². The zero-order valence-electron chi connectivity index (χ0n) is 12.7. The fourth-order valence-corrected chi connectivity index (χ4v) is 1.91. The Kier molecular flexibility index (Phi) is 5.38. The highest BCUT2D eigenvalue weighted by atomic mass is 16.5. The Hall–Kier alpha value is -2.53. The van der Waals surface area contributed by atoms with Gasteiger partial charge in [0.05, 0.1) is 7.11 Å². The molecule has 0 aliphatic heterocycles. The van der Waals surface area contributed by atoms with Crippen molar-refractivity contribution in [1.29, 1.82) is 0 Å². The minimum Gasteiger partial charge on any atom is -0.497 e. The molecule has 5 heteroatoms. The second-order valence-electron chi connectivity index (χ2n) is 4.93. The lowest BCUT2D eigenvalue weighted by atomic mass is 10.1. The monoisotopic (exact) mass is 300 g/mol. The molecular weight excluding hydrogens is 280 g/mol. The van der Waals surface area contributed by atoms with Crippen molar-refractivity contribution in [1.82, 2.24) is 0 Å². The Bertz CT molecular complexity index is 624. The quantitative estimate of drug-likeness (QED) is 0.860. The Morgan fingerprint density at radius 3 is 2.55 bits per heavy atom.